The lowest BCUT2D eigenvalue weighted by Crippen LogP contribution is -2.50. The number of amides is 2. The molecular weight excluding hydrogens is 326 g/mol. The van der Waals surface area contributed by atoms with Gasteiger partial charge in [0.2, 0.25) is 0 Å². The molecule has 0 aromatic heterocycles. The Morgan fingerprint density at radius 2 is 2.00 bits per heavy atom. The summed E-state index contributed by atoms with van der Waals surface area (Å²) in [7, 11) is 0. The minimum Gasteiger partial charge on any atom is -0.480 e. The summed E-state index contributed by atoms with van der Waals surface area (Å²) in [6.07, 6.45) is 0. The molecule has 1 saturated heterocycles. The number of nitro benzene ring substituents is 1. The third-order valence-electron chi connectivity index (χ3n) is 4.36. The normalized spacial score (nSPS) is 16.2. The number of nitro groups is 1. The van der Waals surface area contributed by atoms with Crippen molar-refractivity contribution in [1.29, 1.82) is 0 Å². The minimum absolute atomic E-state index is 0.000596. The van der Waals surface area contributed by atoms with E-state index >= 15 is 0 Å². The van der Waals surface area contributed by atoms with Crippen LogP contribution in [0.1, 0.15) is 31.9 Å². The number of carboxylic acids is 1. The predicted octanol–water partition coefficient (Wildman–Crippen LogP) is 2.64. The van der Waals surface area contributed by atoms with Crippen LogP contribution in [0.15, 0.2) is 18.2 Å². The van der Waals surface area contributed by atoms with Crippen molar-refractivity contribution in [3.05, 3.63) is 39.4 Å². The maximum absolute atomic E-state index is 12.7. The number of hydrogen-bond donors (Lipinski definition) is 1. The molecule has 0 aliphatic carbocycles. The molecule has 1 N–H and O–H groups in total. The Bertz CT molecular complexity index is 711. The molecule has 1 aliphatic rings. The van der Waals surface area contributed by atoms with Crippen LogP contribution in [0.5, 0.6) is 0 Å². The molecule has 0 unspecified atom stereocenters. The smallest absolute Gasteiger partial charge is 0.327 e. The van der Waals surface area contributed by atoms with E-state index in [1.165, 1.54) is 9.80 Å². The van der Waals surface area contributed by atoms with Gasteiger partial charge in [-0.3, -0.25) is 10.1 Å². The number of carbonyl (C=O) groups is 2. The average Bonchev–Trinajstić information content (AvgIpc) is 2.78. The number of aliphatic carboxylic acids is 1. The largest absolute Gasteiger partial charge is 0.480 e. The Hall–Kier alpha value is -2.64. The van der Waals surface area contributed by atoms with E-state index in [-0.39, 0.29) is 18.8 Å². The number of rotatable bonds is 5. The summed E-state index contributed by atoms with van der Waals surface area (Å²) >= 11 is 0. The SMILES string of the molecule is Cc1cccc(CN2CCN([C@H](C(=O)O)C(C)(C)C)C2=O)c1[N+](=O)[O-]. The molecule has 0 bridgehead atoms. The van der Waals surface area contributed by atoms with Gasteiger partial charge in [0, 0.05) is 24.2 Å². The van der Waals surface area contributed by atoms with Crippen molar-refractivity contribution in [3.8, 4) is 0 Å². The standard InChI is InChI=1S/C17H23N3O5/c1-11-6-5-7-12(13(11)20(24)25)10-18-8-9-19(16(18)23)14(15(21)22)17(2,3)4/h5-7,14H,8-10H2,1-4H3,(H,21,22)/t14-/m1/s1. The van der Waals surface area contributed by atoms with Gasteiger partial charge in [-0.25, -0.2) is 9.59 Å². The molecule has 1 aromatic rings. The van der Waals surface area contributed by atoms with Crippen molar-refractivity contribution in [2.45, 2.75) is 40.3 Å². The first-order chi connectivity index (χ1) is 11.5. The summed E-state index contributed by atoms with van der Waals surface area (Å²) < 4.78 is 0. The number of aryl methyl sites for hydroxylation is 1. The van der Waals surface area contributed by atoms with Crippen LogP contribution in [-0.2, 0) is 11.3 Å². The van der Waals surface area contributed by atoms with E-state index in [1.807, 2.05) is 0 Å². The summed E-state index contributed by atoms with van der Waals surface area (Å²) in [6, 6.07) is 3.64. The topological polar surface area (TPSA) is 104 Å². The van der Waals surface area contributed by atoms with Gasteiger partial charge < -0.3 is 14.9 Å². The van der Waals surface area contributed by atoms with Crippen LogP contribution in [0.3, 0.4) is 0 Å². The van der Waals surface area contributed by atoms with Gasteiger partial charge in [-0.1, -0.05) is 39.0 Å². The molecule has 1 fully saturated rings. The van der Waals surface area contributed by atoms with Crippen molar-refractivity contribution in [2.75, 3.05) is 13.1 Å². The quantitative estimate of drug-likeness (QED) is 0.650. The molecule has 8 nitrogen and oxygen atoms in total. The van der Waals surface area contributed by atoms with Gasteiger partial charge in [0.1, 0.15) is 6.04 Å². The van der Waals surface area contributed by atoms with E-state index in [0.29, 0.717) is 17.7 Å². The lowest BCUT2D eigenvalue weighted by molar-refractivity contribution is -0.386. The zero-order valence-electron chi connectivity index (χ0n) is 14.9. The van der Waals surface area contributed by atoms with Crippen molar-refractivity contribution in [3.63, 3.8) is 0 Å². The second kappa shape index (κ2) is 6.70. The second-order valence-electron chi connectivity index (χ2n) is 7.34. The van der Waals surface area contributed by atoms with Crippen LogP contribution in [0, 0.1) is 22.5 Å². The lowest BCUT2D eigenvalue weighted by atomic mass is 9.86. The van der Waals surface area contributed by atoms with E-state index in [1.54, 1.807) is 45.9 Å². The van der Waals surface area contributed by atoms with Crippen molar-refractivity contribution >= 4 is 17.7 Å². The molecule has 8 heteroatoms. The number of nitrogens with zero attached hydrogens (tertiary/aromatic N) is 3. The number of urea groups is 1. The van der Waals surface area contributed by atoms with Gasteiger partial charge in [0.15, 0.2) is 0 Å². The molecule has 1 aromatic carbocycles. The van der Waals surface area contributed by atoms with E-state index in [4.69, 9.17) is 0 Å². The van der Waals surface area contributed by atoms with Gasteiger partial charge in [-0.05, 0) is 12.3 Å². The first-order valence-corrected chi connectivity index (χ1v) is 8.05. The van der Waals surface area contributed by atoms with E-state index in [2.05, 4.69) is 0 Å². The molecule has 0 saturated carbocycles. The van der Waals surface area contributed by atoms with Crippen LogP contribution in [0.4, 0.5) is 10.5 Å². The fourth-order valence-corrected chi connectivity index (χ4v) is 3.27. The molecule has 0 radical (unpaired) electrons. The van der Waals surface area contributed by atoms with Crippen molar-refractivity contribution < 1.29 is 19.6 Å². The molecule has 1 heterocycles. The Morgan fingerprint density at radius 1 is 1.36 bits per heavy atom. The minimum atomic E-state index is -1.05. The molecule has 2 rings (SSSR count). The van der Waals surface area contributed by atoms with E-state index < -0.39 is 28.4 Å². The fraction of sp³-hybridized carbons (Fsp3) is 0.529. The van der Waals surface area contributed by atoms with Gasteiger partial charge in [-0.2, -0.15) is 0 Å². The van der Waals surface area contributed by atoms with Gasteiger partial charge in [0.05, 0.1) is 11.5 Å². The number of para-hydroxylation sites is 1. The van der Waals surface area contributed by atoms with Gasteiger partial charge >= 0.3 is 12.0 Å². The summed E-state index contributed by atoms with van der Waals surface area (Å²) in [5.41, 5.74) is 0.360. The third kappa shape index (κ3) is 3.72. The van der Waals surface area contributed by atoms with Crippen LogP contribution < -0.4 is 0 Å². The monoisotopic (exact) mass is 349 g/mol. The molecule has 1 atom stereocenters. The van der Waals surface area contributed by atoms with Crippen LogP contribution in [0.25, 0.3) is 0 Å². The highest BCUT2D eigenvalue weighted by Gasteiger charge is 2.43. The maximum Gasteiger partial charge on any atom is 0.327 e. The summed E-state index contributed by atoms with van der Waals surface area (Å²) in [6.45, 7) is 7.67. The number of carbonyl (C=O) groups excluding carboxylic acids is 1. The number of carboxylic acid groups (broad SMARTS) is 1. The molecular formula is C17H23N3O5. The Morgan fingerprint density at radius 3 is 2.52 bits per heavy atom. The zero-order chi connectivity index (χ0) is 18.9. The van der Waals surface area contributed by atoms with Crippen LogP contribution in [0.2, 0.25) is 0 Å². The summed E-state index contributed by atoms with van der Waals surface area (Å²) in [5, 5.41) is 20.8. The second-order valence-corrected chi connectivity index (χ2v) is 7.34. The molecule has 0 spiro atoms. The lowest BCUT2D eigenvalue weighted by Gasteiger charge is -2.34. The fourth-order valence-electron chi connectivity index (χ4n) is 3.27. The van der Waals surface area contributed by atoms with Crippen LogP contribution >= 0.6 is 0 Å². The van der Waals surface area contributed by atoms with Gasteiger partial charge in [0.25, 0.3) is 5.69 Å². The average molecular weight is 349 g/mol. The van der Waals surface area contributed by atoms with Crippen molar-refractivity contribution in [1.82, 2.24) is 9.80 Å². The highest BCUT2D eigenvalue weighted by molar-refractivity contribution is 5.84. The first kappa shape index (κ1) is 18.7. The Balaban J connectivity index is 2.25. The Labute approximate surface area is 146 Å². The number of benzene rings is 1. The molecule has 1 aliphatic heterocycles. The van der Waals surface area contributed by atoms with E-state index in [0.717, 1.165) is 0 Å². The highest BCUT2D eigenvalue weighted by atomic mass is 16.6. The number of hydrogen-bond acceptors (Lipinski definition) is 4. The predicted molar refractivity (Wildman–Crippen MR) is 91.2 cm³/mol. The summed E-state index contributed by atoms with van der Waals surface area (Å²) in [5.74, 6) is -1.05. The highest BCUT2D eigenvalue weighted by Crippen LogP contribution is 2.30. The zero-order valence-corrected chi connectivity index (χ0v) is 14.9. The molecule has 2 amide bonds. The maximum atomic E-state index is 12.7. The van der Waals surface area contributed by atoms with E-state index in [9.17, 15) is 24.8 Å². The Kier molecular flexibility index (Phi) is 5.01. The first-order valence-electron chi connectivity index (χ1n) is 8.05. The van der Waals surface area contributed by atoms with Crippen LogP contribution in [-0.4, -0.2) is 51.0 Å². The molecule has 25 heavy (non-hydrogen) atoms. The summed E-state index contributed by atoms with van der Waals surface area (Å²) in [4.78, 5) is 38.0. The third-order valence-corrected chi connectivity index (χ3v) is 4.36. The van der Waals surface area contributed by atoms with Gasteiger partial charge in [-0.15, -0.1) is 0 Å². The molecule has 136 valence electrons. The van der Waals surface area contributed by atoms with Crippen molar-refractivity contribution in [2.24, 2.45) is 5.41 Å².